The van der Waals surface area contributed by atoms with Gasteiger partial charge in [-0.3, -0.25) is 14.4 Å². The summed E-state index contributed by atoms with van der Waals surface area (Å²) in [6.07, 6.45) is 3.01. The Balaban J connectivity index is 1.29. The van der Waals surface area contributed by atoms with Crippen molar-refractivity contribution in [1.82, 2.24) is 0 Å². The van der Waals surface area contributed by atoms with Gasteiger partial charge in [-0.05, 0) is 68.5 Å². The summed E-state index contributed by atoms with van der Waals surface area (Å²) in [6, 6.07) is 11.8. The molecule has 0 radical (unpaired) electrons. The molecule has 1 atom stereocenters. The molecule has 2 fully saturated rings. The number of nitrogens with one attached hydrogen (secondary N) is 1. The van der Waals surface area contributed by atoms with Gasteiger partial charge >= 0.3 is 0 Å². The maximum Gasteiger partial charge on any atom is 0.230 e. The molecule has 2 aromatic rings. The van der Waals surface area contributed by atoms with Crippen LogP contribution in [-0.4, -0.2) is 30.8 Å². The van der Waals surface area contributed by atoms with Crippen molar-refractivity contribution in [3.8, 4) is 0 Å². The first kappa shape index (κ1) is 19.8. The maximum absolute atomic E-state index is 12.8. The van der Waals surface area contributed by atoms with Crippen LogP contribution in [-0.2, 0) is 20.8 Å². The number of aryl methyl sites for hydroxylation is 2. The van der Waals surface area contributed by atoms with Gasteiger partial charge in [-0.1, -0.05) is 17.7 Å². The summed E-state index contributed by atoms with van der Waals surface area (Å²) in [4.78, 5) is 41.6. The van der Waals surface area contributed by atoms with Crippen LogP contribution in [0.2, 0.25) is 0 Å². The number of anilines is 3. The van der Waals surface area contributed by atoms with E-state index in [2.05, 4.69) is 5.32 Å². The lowest BCUT2D eigenvalue weighted by Gasteiger charge is -2.20. The molecule has 0 unspecified atom stereocenters. The molecule has 1 N–H and O–H groups in total. The number of hydrogen-bond donors (Lipinski definition) is 1. The molecule has 31 heavy (non-hydrogen) atoms. The summed E-state index contributed by atoms with van der Waals surface area (Å²) in [5.41, 5.74) is 5.83. The number of rotatable bonds is 4. The predicted octanol–water partition coefficient (Wildman–Crippen LogP) is 3.59. The SMILES string of the molecule is Cc1ccc(NC(=O)[C@H]2CC(=O)N(c3ccc4c(c3)CCN4C(=O)C3CC3)C2)c(C)c1. The fourth-order valence-corrected chi connectivity index (χ4v) is 4.66. The molecule has 5 rings (SSSR count). The van der Waals surface area contributed by atoms with Gasteiger partial charge in [-0.25, -0.2) is 0 Å². The van der Waals surface area contributed by atoms with Gasteiger partial charge in [0.1, 0.15) is 0 Å². The van der Waals surface area contributed by atoms with E-state index in [9.17, 15) is 14.4 Å². The highest BCUT2D eigenvalue weighted by Crippen LogP contribution is 2.38. The lowest BCUT2D eigenvalue weighted by Crippen LogP contribution is -2.30. The Morgan fingerprint density at radius 3 is 2.58 bits per heavy atom. The number of hydrogen-bond acceptors (Lipinski definition) is 3. The van der Waals surface area contributed by atoms with Gasteiger partial charge in [-0.15, -0.1) is 0 Å². The molecule has 3 amide bonds. The van der Waals surface area contributed by atoms with Crippen LogP contribution in [0.1, 0.15) is 36.0 Å². The number of carbonyl (C=O) groups excluding carboxylic acids is 3. The molecule has 6 nitrogen and oxygen atoms in total. The first-order valence-corrected chi connectivity index (χ1v) is 11.0. The quantitative estimate of drug-likeness (QED) is 0.827. The maximum atomic E-state index is 12.8. The number of fused-ring (bicyclic) bond motifs is 1. The molecule has 1 aliphatic carbocycles. The van der Waals surface area contributed by atoms with E-state index in [-0.39, 0.29) is 36.0 Å². The summed E-state index contributed by atoms with van der Waals surface area (Å²) in [5.74, 6) is -0.113. The Morgan fingerprint density at radius 2 is 1.84 bits per heavy atom. The normalized spacial score (nSPS) is 20.2. The first-order valence-electron chi connectivity index (χ1n) is 11.0. The summed E-state index contributed by atoms with van der Waals surface area (Å²) in [6.45, 7) is 5.07. The third-order valence-electron chi connectivity index (χ3n) is 6.60. The summed E-state index contributed by atoms with van der Waals surface area (Å²) in [7, 11) is 0. The van der Waals surface area contributed by atoms with Crippen molar-refractivity contribution in [3.05, 3.63) is 53.1 Å². The Bertz CT molecular complexity index is 1090. The molecule has 0 bridgehead atoms. The highest BCUT2D eigenvalue weighted by Gasteiger charge is 2.38. The number of amides is 3. The predicted molar refractivity (Wildman–Crippen MR) is 120 cm³/mol. The summed E-state index contributed by atoms with van der Waals surface area (Å²) >= 11 is 0. The Hall–Kier alpha value is -3.15. The van der Waals surface area contributed by atoms with E-state index in [4.69, 9.17) is 0 Å². The third kappa shape index (κ3) is 3.71. The second-order valence-corrected chi connectivity index (χ2v) is 9.04. The molecule has 1 saturated heterocycles. The molecule has 1 saturated carbocycles. The van der Waals surface area contributed by atoms with Gasteiger partial charge in [0.25, 0.3) is 0 Å². The minimum absolute atomic E-state index is 0.0374. The lowest BCUT2D eigenvalue weighted by atomic mass is 10.1. The molecule has 2 heterocycles. The van der Waals surface area contributed by atoms with Crippen LogP contribution >= 0.6 is 0 Å². The smallest absolute Gasteiger partial charge is 0.230 e. The van der Waals surface area contributed by atoms with Crippen molar-refractivity contribution in [1.29, 1.82) is 0 Å². The second kappa shape index (κ2) is 7.52. The van der Waals surface area contributed by atoms with Crippen LogP contribution in [0.15, 0.2) is 36.4 Å². The van der Waals surface area contributed by atoms with Crippen LogP contribution in [0.3, 0.4) is 0 Å². The van der Waals surface area contributed by atoms with E-state index in [0.717, 1.165) is 53.0 Å². The van der Waals surface area contributed by atoms with Crippen molar-refractivity contribution in [2.75, 3.05) is 28.2 Å². The van der Waals surface area contributed by atoms with Crippen molar-refractivity contribution >= 4 is 34.8 Å². The molecule has 2 aromatic carbocycles. The van der Waals surface area contributed by atoms with Gasteiger partial charge in [0, 0.05) is 42.5 Å². The summed E-state index contributed by atoms with van der Waals surface area (Å²) in [5, 5.41) is 2.99. The van der Waals surface area contributed by atoms with E-state index in [1.165, 1.54) is 0 Å². The average molecular weight is 418 g/mol. The van der Waals surface area contributed by atoms with Crippen molar-refractivity contribution in [2.24, 2.45) is 11.8 Å². The number of carbonyl (C=O) groups is 3. The monoisotopic (exact) mass is 417 g/mol. The van der Waals surface area contributed by atoms with Gasteiger partial charge in [0.2, 0.25) is 17.7 Å². The molecule has 0 aromatic heterocycles. The second-order valence-electron chi connectivity index (χ2n) is 9.04. The Labute approximate surface area is 182 Å². The van der Waals surface area contributed by atoms with Crippen molar-refractivity contribution in [3.63, 3.8) is 0 Å². The van der Waals surface area contributed by atoms with Crippen molar-refractivity contribution < 1.29 is 14.4 Å². The Kier molecular flexibility index (Phi) is 4.80. The topological polar surface area (TPSA) is 69.7 Å². The van der Waals surface area contributed by atoms with Crippen LogP contribution in [0, 0.1) is 25.7 Å². The first-order chi connectivity index (χ1) is 14.9. The van der Waals surface area contributed by atoms with Crippen LogP contribution < -0.4 is 15.1 Å². The van der Waals surface area contributed by atoms with Crippen LogP contribution in [0.5, 0.6) is 0 Å². The standard InChI is InChI=1S/C25H27N3O3/c1-15-3-7-21(16(2)11-15)26-24(30)19-13-23(29)28(14-19)20-6-8-22-18(12-20)9-10-27(22)25(31)17-4-5-17/h3,6-8,11-12,17,19H,4-5,9-10,13-14H2,1-2H3,(H,26,30)/t19-/m0/s1. The highest BCUT2D eigenvalue weighted by atomic mass is 16.2. The van der Waals surface area contributed by atoms with Gasteiger partial charge < -0.3 is 15.1 Å². The molecule has 3 aliphatic rings. The molecule has 0 spiro atoms. The van der Waals surface area contributed by atoms with E-state index in [1.54, 1.807) is 4.90 Å². The van der Waals surface area contributed by atoms with Gasteiger partial charge in [-0.2, -0.15) is 0 Å². The number of benzene rings is 2. The summed E-state index contributed by atoms with van der Waals surface area (Å²) < 4.78 is 0. The lowest BCUT2D eigenvalue weighted by molar-refractivity contribution is -0.122. The number of nitrogens with zero attached hydrogens (tertiary/aromatic N) is 2. The molecular formula is C25H27N3O3. The zero-order chi connectivity index (χ0) is 21.7. The molecule has 160 valence electrons. The van der Waals surface area contributed by atoms with E-state index < -0.39 is 0 Å². The molecule has 2 aliphatic heterocycles. The average Bonchev–Trinajstić information content (AvgIpc) is 3.40. The minimum Gasteiger partial charge on any atom is -0.326 e. The van der Waals surface area contributed by atoms with Gasteiger partial charge in [0.05, 0.1) is 5.92 Å². The van der Waals surface area contributed by atoms with E-state index in [1.807, 2.05) is 55.1 Å². The van der Waals surface area contributed by atoms with Gasteiger partial charge in [0.15, 0.2) is 0 Å². The van der Waals surface area contributed by atoms with Crippen LogP contribution in [0.25, 0.3) is 0 Å². The van der Waals surface area contributed by atoms with Crippen molar-refractivity contribution in [2.45, 2.75) is 39.5 Å². The van der Waals surface area contributed by atoms with Crippen LogP contribution in [0.4, 0.5) is 17.1 Å². The Morgan fingerprint density at radius 1 is 1.03 bits per heavy atom. The largest absolute Gasteiger partial charge is 0.326 e. The zero-order valence-electron chi connectivity index (χ0n) is 18.0. The fraction of sp³-hybridized carbons (Fsp3) is 0.400. The highest BCUT2D eigenvalue weighted by molar-refractivity contribution is 6.04. The molecule has 6 heteroatoms. The van der Waals surface area contributed by atoms with E-state index >= 15 is 0 Å². The minimum atomic E-state index is -0.380. The van der Waals surface area contributed by atoms with E-state index in [0.29, 0.717) is 13.1 Å². The zero-order valence-corrected chi connectivity index (χ0v) is 18.0. The fourth-order valence-electron chi connectivity index (χ4n) is 4.66. The third-order valence-corrected chi connectivity index (χ3v) is 6.60. The molecular weight excluding hydrogens is 390 g/mol.